The number of rotatable bonds is 4. The van der Waals surface area contributed by atoms with Crippen LogP contribution in [0.2, 0.25) is 0 Å². The Labute approximate surface area is 110 Å². The highest BCUT2D eigenvalue weighted by molar-refractivity contribution is 4.92. The van der Waals surface area contributed by atoms with Crippen LogP contribution >= 0.6 is 0 Å². The van der Waals surface area contributed by atoms with E-state index in [-0.39, 0.29) is 0 Å². The van der Waals surface area contributed by atoms with E-state index < -0.39 is 0 Å². The molecular weight excluding hydrogens is 224 g/mol. The zero-order valence-electron chi connectivity index (χ0n) is 11.9. The molecule has 2 rings (SSSR count). The first kappa shape index (κ1) is 13.6. The van der Waals surface area contributed by atoms with Crippen molar-refractivity contribution in [1.29, 1.82) is 0 Å². The molecule has 4 heteroatoms. The predicted molar refractivity (Wildman–Crippen MR) is 74.6 cm³/mol. The molecule has 1 N–H and O–H groups in total. The van der Waals surface area contributed by atoms with Crippen molar-refractivity contribution in [2.24, 2.45) is 13.0 Å². The minimum atomic E-state index is 0.633. The van der Waals surface area contributed by atoms with E-state index in [0.29, 0.717) is 12.0 Å². The molecule has 0 aliphatic carbocycles. The van der Waals surface area contributed by atoms with Crippen LogP contribution in [0.3, 0.4) is 0 Å². The molecule has 102 valence electrons. The number of imidazole rings is 1. The first-order chi connectivity index (χ1) is 8.66. The lowest BCUT2D eigenvalue weighted by Crippen LogP contribution is -2.41. The first-order valence-corrected chi connectivity index (χ1v) is 7.08. The van der Waals surface area contributed by atoms with Gasteiger partial charge in [0.15, 0.2) is 0 Å². The van der Waals surface area contributed by atoms with Gasteiger partial charge in [-0.05, 0) is 25.4 Å². The summed E-state index contributed by atoms with van der Waals surface area (Å²) in [6.45, 7) is 9.26. The van der Waals surface area contributed by atoms with E-state index in [0.717, 1.165) is 19.5 Å². The Morgan fingerprint density at radius 3 is 3.00 bits per heavy atom. The summed E-state index contributed by atoms with van der Waals surface area (Å²) in [5.74, 6) is 1.90. The van der Waals surface area contributed by atoms with Crippen LogP contribution in [0, 0.1) is 5.92 Å². The number of aromatic nitrogens is 2. The summed E-state index contributed by atoms with van der Waals surface area (Å²) in [5, 5.41) is 3.65. The maximum absolute atomic E-state index is 4.40. The van der Waals surface area contributed by atoms with Crippen LogP contribution < -0.4 is 5.32 Å². The Morgan fingerprint density at radius 1 is 1.50 bits per heavy atom. The molecule has 4 nitrogen and oxygen atoms in total. The molecule has 0 spiro atoms. The Morgan fingerprint density at radius 2 is 2.33 bits per heavy atom. The first-order valence-electron chi connectivity index (χ1n) is 7.08. The van der Waals surface area contributed by atoms with E-state index in [9.17, 15) is 0 Å². The van der Waals surface area contributed by atoms with E-state index in [4.69, 9.17) is 0 Å². The van der Waals surface area contributed by atoms with E-state index >= 15 is 0 Å². The quantitative estimate of drug-likeness (QED) is 0.874. The zero-order valence-corrected chi connectivity index (χ0v) is 11.9. The third-order valence-electron chi connectivity index (χ3n) is 3.89. The Bertz CT molecular complexity index is 358. The van der Waals surface area contributed by atoms with Crippen LogP contribution in [0.25, 0.3) is 0 Å². The summed E-state index contributed by atoms with van der Waals surface area (Å²) in [5.41, 5.74) is 0. The molecule has 0 radical (unpaired) electrons. The van der Waals surface area contributed by atoms with Gasteiger partial charge in [0.05, 0.1) is 0 Å². The van der Waals surface area contributed by atoms with Gasteiger partial charge < -0.3 is 14.8 Å². The normalized spacial score (nSPS) is 22.3. The lowest BCUT2D eigenvalue weighted by atomic mass is 10.0. The van der Waals surface area contributed by atoms with Crippen LogP contribution in [0.15, 0.2) is 12.4 Å². The number of hydrogen-bond donors (Lipinski definition) is 1. The second-order valence-corrected chi connectivity index (χ2v) is 5.66. The third kappa shape index (κ3) is 3.56. The summed E-state index contributed by atoms with van der Waals surface area (Å²) in [7, 11) is 2.07. The van der Waals surface area contributed by atoms with E-state index in [1.54, 1.807) is 0 Å². The molecule has 0 amide bonds. The van der Waals surface area contributed by atoms with Crippen molar-refractivity contribution in [3.05, 3.63) is 18.2 Å². The largest absolute Gasteiger partial charge is 0.338 e. The molecule has 1 atom stereocenters. The summed E-state index contributed by atoms with van der Waals surface area (Å²) in [6, 6.07) is 0.633. The van der Waals surface area contributed by atoms with Gasteiger partial charge in [-0.1, -0.05) is 13.8 Å². The molecule has 1 unspecified atom stereocenters. The van der Waals surface area contributed by atoms with Crippen molar-refractivity contribution in [1.82, 2.24) is 19.8 Å². The smallest absolute Gasteiger partial charge is 0.109 e. The lowest BCUT2D eigenvalue weighted by molar-refractivity contribution is 0.246. The van der Waals surface area contributed by atoms with Crippen molar-refractivity contribution in [2.75, 3.05) is 26.2 Å². The van der Waals surface area contributed by atoms with Crippen molar-refractivity contribution < 1.29 is 0 Å². The SMILES string of the molecule is CC(C)C1CN(CCc2nccn2C)CCCN1. The average Bonchev–Trinajstić information content (AvgIpc) is 2.62. The third-order valence-corrected chi connectivity index (χ3v) is 3.89. The highest BCUT2D eigenvalue weighted by Gasteiger charge is 2.20. The van der Waals surface area contributed by atoms with E-state index in [2.05, 4.69) is 40.7 Å². The topological polar surface area (TPSA) is 33.1 Å². The van der Waals surface area contributed by atoms with Gasteiger partial charge >= 0.3 is 0 Å². The summed E-state index contributed by atoms with van der Waals surface area (Å²) in [4.78, 5) is 6.98. The van der Waals surface area contributed by atoms with Crippen molar-refractivity contribution in [3.63, 3.8) is 0 Å². The average molecular weight is 250 g/mol. The molecule has 1 saturated heterocycles. The number of nitrogens with one attached hydrogen (secondary N) is 1. The monoisotopic (exact) mass is 250 g/mol. The van der Waals surface area contributed by atoms with Crippen molar-refractivity contribution >= 4 is 0 Å². The van der Waals surface area contributed by atoms with Gasteiger partial charge in [-0.25, -0.2) is 4.98 Å². The zero-order chi connectivity index (χ0) is 13.0. The maximum atomic E-state index is 4.40. The molecular formula is C14H26N4. The fourth-order valence-corrected chi connectivity index (χ4v) is 2.57. The Kier molecular flexibility index (Phi) is 4.78. The van der Waals surface area contributed by atoms with E-state index in [1.807, 2.05) is 12.4 Å². The second-order valence-electron chi connectivity index (χ2n) is 5.66. The maximum Gasteiger partial charge on any atom is 0.109 e. The van der Waals surface area contributed by atoms with Gasteiger partial charge in [0.25, 0.3) is 0 Å². The van der Waals surface area contributed by atoms with Crippen molar-refractivity contribution in [3.8, 4) is 0 Å². The van der Waals surface area contributed by atoms with Gasteiger partial charge in [0.2, 0.25) is 0 Å². The molecule has 1 aromatic heterocycles. The van der Waals surface area contributed by atoms with Crippen molar-refractivity contribution in [2.45, 2.75) is 32.7 Å². The summed E-state index contributed by atoms with van der Waals surface area (Å²) in [6.07, 6.45) is 6.21. The molecule has 1 aliphatic heterocycles. The second kappa shape index (κ2) is 6.34. The van der Waals surface area contributed by atoms with Crippen LogP contribution in [-0.2, 0) is 13.5 Å². The minimum absolute atomic E-state index is 0.633. The molecule has 18 heavy (non-hydrogen) atoms. The van der Waals surface area contributed by atoms with Gasteiger partial charge in [-0.2, -0.15) is 0 Å². The molecule has 0 aromatic carbocycles. The van der Waals surface area contributed by atoms with E-state index in [1.165, 1.54) is 25.3 Å². The fraction of sp³-hybridized carbons (Fsp3) is 0.786. The number of aryl methyl sites for hydroxylation is 1. The molecule has 1 aliphatic rings. The molecule has 0 bridgehead atoms. The predicted octanol–water partition coefficient (Wildman–Crippen LogP) is 1.28. The molecule has 0 saturated carbocycles. The highest BCUT2D eigenvalue weighted by atomic mass is 15.2. The number of nitrogens with zero attached hydrogens (tertiary/aromatic N) is 3. The summed E-state index contributed by atoms with van der Waals surface area (Å²) < 4.78 is 2.12. The summed E-state index contributed by atoms with van der Waals surface area (Å²) >= 11 is 0. The molecule has 1 fully saturated rings. The minimum Gasteiger partial charge on any atom is -0.338 e. The Hall–Kier alpha value is -0.870. The molecule has 1 aromatic rings. The lowest BCUT2D eigenvalue weighted by Gasteiger charge is -2.26. The van der Waals surface area contributed by atoms with Gasteiger partial charge in [0, 0.05) is 45.0 Å². The fourth-order valence-electron chi connectivity index (χ4n) is 2.57. The Balaban J connectivity index is 1.86. The molecule has 2 heterocycles. The van der Waals surface area contributed by atoms with Crippen LogP contribution in [0.1, 0.15) is 26.1 Å². The van der Waals surface area contributed by atoms with Gasteiger partial charge in [-0.15, -0.1) is 0 Å². The highest BCUT2D eigenvalue weighted by Crippen LogP contribution is 2.09. The van der Waals surface area contributed by atoms with Crippen LogP contribution in [0.4, 0.5) is 0 Å². The van der Waals surface area contributed by atoms with Gasteiger partial charge in [-0.3, -0.25) is 0 Å². The van der Waals surface area contributed by atoms with Crippen LogP contribution in [0.5, 0.6) is 0 Å². The van der Waals surface area contributed by atoms with Crippen LogP contribution in [-0.4, -0.2) is 46.7 Å². The number of hydrogen-bond acceptors (Lipinski definition) is 3. The standard InChI is InChI=1S/C14H26N4/c1-12(2)13-11-18(8-4-6-15-13)9-5-14-16-7-10-17(14)3/h7,10,12-13,15H,4-6,8-9,11H2,1-3H3. The van der Waals surface area contributed by atoms with Gasteiger partial charge in [0.1, 0.15) is 5.82 Å².